The molecule has 0 spiro atoms. The highest BCUT2D eigenvalue weighted by atomic mass is 32.2. The van der Waals surface area contributed by atoms with Crippen LogP contribution in [0.2, 0.25) is 0 Å². The van der Waals surface area contributed by atoms with Gasteiger partial charge in [0.25, 0.3) is 0 Å². The first-order valence-electron chi connectivity index (χ1n) is 5.75. The van der Waals surface area contributed by atoms with E-state index in [9.17, 15) is 18.0 Å². The summed E-state index contributed by atoms with van der Waals surface area (Å²) in [6.45, 7) is 0. The van der Waals surface area contributed by atoms with Crippen LogP contribution >= 0.6 is 0 Å². The Kier molecular flexibility index (Phi) is 3.80. The number of carbonyl (C=O) groups excluding carboxylic acids is 2. The molecule has 1 aliphatic heterocycles. The highest BCUT2D eigenvalue weighted by molar-refractivity contribution is 7.91. The van der Waals surface area contributed by atoms with E-state index in [0.29, 0.717) is 6.42 Å². The molecule has 1 saturated heterocycles. The Morgan fingerprint density at radius 2 is 1.90 bits per heavy atom. The summed E-state index contributed by atoms with van der Waals surface area (Å²) in [7, 11) is -0.864. The van der Waals surface area contributed by atoms with Crippen LogP contribution in [-0.4, -0.2) is 51.1 Å². The Balaban J connectivity index is 2.39. The van der Waals surface area contributed by atoms with Crippen LogP contribution in [0, 0.1) is 0 Å². The fourth-order valence-corrected chi connectivity index (χ4v) is 3.70. The predicted molar refractivity (Wildman–Crippen MR) is 65.2 cm³/mol. The number of oxazole rings is 1. The van der Waals surface area contributed by atoms with E-state index in [2.05, 4.69) is 14.5 Å². The summed E-state index contributed by atoms with van der Waals surface area (Å²) in [5.41, 5.74) is -0.307. The van der Waals surface area contributed by atoms with Crippen molar-refractivity contribution in [1.29, 1.82) is 0 Å². The minimum absolute atomic E-state index is 0.0289. The molecule has 1 aromatic rings. The molecule has 2 heterocycles. The maximum atomic E-state index is 11.5. The lowest BCUT2D eigenvalue weighted by molar-refractivity contribution is 0.0525. The first-order chi connectivity index (χ1) is 9.38. The van der Waals surface area contributed by atoms with Crippen molar-refractivity contribution in [2.45, 2.75) is 12.3 Å². The van der Waals surface area contributed by atoms with Gasteiger partial charge in [-0.2, -0.15) is 0 Å². The second-order valence-corrected chi connectivity index (χ2v) is 6.54. The highest BCUT2D eigenvalue weighted by Gasteiger charge is 2.35. The highest BCUT2D eigenvalue weighted by Crippen LogP contribution is 2.30. The van der Waals surface area contributed by atoms with E-state index in [1.165, 1.54) is 0 Å². The molecule has 2 rings (SSSR count). The van der Waals surface area contributed by atoms with Crippen LogP contribution in [0.3, 0.4) is 0 Å². The lowest BCUT2D eigenvalue weighted by Crippen LogP contribution is -2.10. The minimum atomic E-state index is -3.13. The third-order valence-corrected chi connectivity index (χ3v) is 4.74. The summed E-state index contributed by atoms with van der Waals surface area (Å²) < 4.78 is 37.1. The normalized spacial score (nSPS) is 20.6. The van der Waals surface area contributed by atoms with Gasteiger partial charge in [-0.25, -0.2) is 23.0 Å². The topological polar surface area (TPSA) is 113 Å². The maximum absolute atomic E-state index is 11.5. The van der Waals surface area contributed by atoms with E-state index in [-0.39, 0.29) is 28.9 Å². The molecular weight excluding hydrogens is 290 g/mol. The lowest BCUT2D eigenvalue weighted by Gasteiger charge is -2.00. The first kappa shape index (κ1) is 14.5. The van der Waals surface area contributed by atoms with Gasteiger partial charge in [0.2, 0.25) is 11.5 Å². The smallest absolute Gasteiger partial charge is 0.376 e. The molecule has 0 aliphatic carbocycles. The SMILES string of the molecule is COC(=O)c1nc(C2CCS(=O)(=O)C2)oc1C(=O)OC. The number of methoxy groups -OCH3 is 2. The molecule has 1 aromatic heterocycles. The van der Waals surface area contributed by atoms with Crippen LogP contribution in [0.1, 0.15) is 39.3 Å². The van der Waals surface area contributed by atoms with Crippen molar-refractivity contribution in [1.82, 2.24) is 4.98 Å². The number of aromatic nitrogens is 1. The molecule has 1 aliphatic rings. The van der Waals surface area contributed by atoms with Crippen molar-refractivity contribution < 1.29 is 31.9 Å². The largest absolute Gasteiger partial charge is 0.464 e. The van der Waals surface area contributed by atoms with E-state index in [1.54, 1.807) is 0 Å². The molecule has 0 saturated carbocycles. The zero-order chi connectivity index (χ0) is 14.9. The van der Waals surface area contributed by atoms with Crippen LogP contribution in [-0.2, 0) is 19.3 Å². The van der Waals surface area contributed by atoms with Crippen LogP contribution in [0.4, 0.5) is 0 Å². The van der Waals surface area contributed by atoms with E-state index < -0.39 is 27.7 Å². The minimum Gasteiger partial charge on any atom is -0.464 e. The van der Waals surface area contributed by atoms with Crippen molar-refractivity contribution in [3.8, 4) is 0 Å². The fourth-order valence-electron chi connectivity index (χ4n) is 1.97. The summed E-state index contributed by atoms with van der Waals surface area (Å²) in [6.07, 6.45) is 0.337. The molecule has 0 radical (unpaired) electrons. The van der Waals surface area contributed by atoms with Crippen LogP contribution in [0.15, 0.2) is 4.42 Å². The standard InChI is InChI=1S/C11H13NO7S/c1-17-10(13)7-8(11(14)18-2)19-9(12-7)6-3-4-20(15,16)5-6/h6H,3-5H2,1-2H3. The number of esters is 2. The Morgan fingerprint density at radius 1 is 1.25 bits per heavy atom. The lowest BCUT2D eigenvalue weighted by atomic mass is 10.1. The summed E-state index contributed by atoms with van der Waals surface area (Å²) in [6, 6.07) is 0. The van der Waals surface area contributed by atoms with Crippen molar-refractivity contribution in [3.05, 3.63) is 17.3 Å². The van der Waals surface area contributed by atoms with E-state index in [4.69, 9.17) is 4.42 Å². The van der Waals surface area contributed by atoms with Gasteiger partial charge >= 0.3 is 11.9 Å². The molecule has 20 heavy (non-hydrogen) atoms. The van der Waals surface area contributed by atoms with E-state index in [1.807, 2.05) is 0 Å². The fraction of sp³-hybridized carbons (Fsp3) is 0.545. The monoisotopic (exact) mass is 303 g/mol. The third kappa shape index (κ3) is 2.67. The van der Waals surface area contributed by atoms with Gasteiger partial charge in [0.05, 0.1) is 31.6 Å². The Morgan fingerprint density at radius 3 is 2.40 bits per heavy atom. The van der Waals surface area contributed by atoms with Gasteiger partial charge in [0, 0.05) is 0 Å². The first-order valence-corrected chi connectivity index (χ1v) is 7.58. The quantitative estimate of drug-likeness (QED) is 0.725. The average Bonchev–Trinajstić information content (AvgIpc) is 3.00. The molecule has 110 valence electrons. The molecule has 1 unspecified atom stereocenters. The zero-order valence-electron chi connectivity index (χ0n) is 10.9. The van der Waals surface area contributed by atoms with E-state index in [0.717, 1.165) is 14.2 Å². The Bertz CT molecular complexity index is 612. The summed E-state index contributed by atoms with van der Waals surface area (Å²) in [5, 5.41) is 0. The van der Waals surface area contributed by atoms with Gasteiger partial charge in [-0.15, -0.1) is 0 Å². The summed E-state index contributed by atoms with van der Waals surface area (Å²) in [5.74, 6) is -2.62. The van der Waals surface area contributed by atoms with Crippen LogP contribution in [0.25, 0.3) is 0 Å². The zero-order valence-corrected chi connectivity index (χ0v) is 11.7. The van der Waals surface area contributed by atoms with Gasteiger partial charge in [0.15, 0.2) is 15.7 Å². The molecule has 0 aromatic carbocycles. The van der Waals surface area contributed by atoms with Gasteiger partial charge in [-0.1, -0.05) is 0 Å². The van der Waals surface area contributed by atoms with Crippen LogP contribution < -0.4 is 0 Å². The van der Waals surface area contributed by atoms with Gasteiger partial charge in [0.1, 0.15) is 0 Å². The molecule has 1 fully saturated rings. The predicted octanol–water partition coefficient (Wildman–Crippen LogP) is 0.150. The van der Waals surface area contributed by atoms with Gasteiger partial charge < -0.3 is 13.9 Å². The number of hydrogen-bond donors (Lipinski definition) is 0. The third-order valence-electron chi connectivity index (χ3n) is 2.97. The van der Waals surface area contributed by atoms with Crippen molar-refractivity contribution >= 4 is 21.8 Å². The van der Waals surface area contributed by atoms with Crippen molar-refractivity contribution in [2.24, 2.45) is 0 Å². The molecular formula is C11H13NO7S. The number of nitrogens with zero attached hydrogens (tertiary/aromatic N) is 1. The molecule has 0 amide bonds. The molecule has 0 bridgehead atoms. The van der Waals surface area contributed by atoms with Crippen molar-refractivity contribution in [2.75, 3.05) is 25.7 Å². The molecule has 8 nitrogen and oxygen atoms in total. The number of sulfone groups is 1. The maximum Gasteiger partial charge on any atom is 0.376 e. The molecule has 9 heteroatoms. The van der Waals surface area contributed by atoms with Gasteiger partial charge in [-0.3, -0.25) is 0 Å². The van der Waals surface area contributed by atoms with Crippen molar-refractivity contribution in [3.63, 3.8) is 0 Å². The Hall–Kier alpha value is -1.90. The molecule has 0 N–H and O–H groups in total. The number of rotatable bonds is 3. The second kappa shape index (κ2) is 5.23. The Labute approximate surface area is 115 Å². The molecule has 1 atom stereocenters. The average molecular weight is 303 g/mol. The summed E-state index contributed by atoms with van der Waals surface area (Å²) >= 11 is 0. The summed E-state index contributed by atoms with van der Waals surface area (Å²) in [4.78, 5) is 27.0. The second-order valence-electron chi connectivity index (χ2n) is 4.31. The number of carbonyl (C=O) groups is 2. The van der Waals surface area contributed by atoms with Crippen LogP contribution in [0.5, 0.6) is 0 Å². The number of hydrogen-bond acceptors (Lipinski definition) is 8. The number of ether oxygens (including phenoxy) is 2. The van der Waals surface area contributed by atoms with E-state index >= 15 is 0 Å². The van der Waals surface area contributed by atoms with Gasteiger partial charge in [-0.05, 0) is 6.42 Å².